The van der Waals surface area contributed by atoms with Crippen LogP contribution in [-0.4, -0.2) is 45.8 Å². The predicted molar refractivity (Wildman–Crippen MR) is 116 cm³/mol. The van der Waals surface area contributed by atoms with Crippen molar-refractivity contribution in [2.75, 3.05) is 13.2 Å². The molecule has 0 aromatic carbocycles. The molecule has 0 radical (unpaired) electrons. The first-order chi connectivity index (χ1) is 13.1. The van der Waals surface area contributed by atoms with Crippen molar-refractivity contribution in [2.45, 2.75) is 135 Å². The lowest BCUT2D eigenvalue weighted by atomic mass is 10.0. The Bertz CT molecular complexity index is 245. The third kappa shape index (κ3) is 28.2. The molecule has 0 bridgehead atoms. The molecule has 4 N–H and O–H groups in total. The Morgan fingerprint density at radius 3 is 1.00 bits per heavy atom. The van der Waals surface area contributed by atoms with E-state index in [4.69, 9.17) is 15.3 Å². The first-order valence-corrected chi connectivity index (χ1v) is 11.7. The molecule has 0 aromatic rings. The van der Waals surface area contributed by atoms with E-state index in [1.165, 1.54) is 96.3 Å². The average Bonchev–Trinajstić information content (AvgIpc) is 2.69. The maximum Gasteiger partial charge on any atom is 0.100 e. The average molecular weight is 391 g/mol. The summed E-state index contributed by atoms with van der Waals surface area (Å²) in [6, 6.07) is 0. The summed E-state index contributed by atoms with van der Waals surface area (Å²) in [5.74, 6) is 0. The van der Waals surface area contributed by atoms with E-state index in [2.05, 4.69) is 13.8 Å². The summed E-state index contributed by atoms with van der Waals surface area (Å²) in [5.41, 5.74) is 0. The number of hydrogen-bond acceptors (Lipinski definition) is 4. The topological polar surface area (TPSA) is 80.9 Å². The van der Waals surface area contributed by atoms with Crippen molar-refractivity contribution in [3.8, 4) is 0 Å². The van der Waals surface area contributed by atoms with Crippen molar-refractivity contribution < 1.29 is 20.4 Å². The van der Waals surface area contributed by atoms with Crippen LogP contribution in [0.15, 0.2) is 0 Å². The SMILES string of the molecule is CCCCCCCCCCCC(O)CCCCCCCC.OCC(O)CO. The third-order valence-corrected chi connectivity index (χ3v) is 4.95. The summed E-state index contributed by atoms with van der Waals surface area (Å²) in [6.07, 6.45) is 21.4. The van der Waals surface area contributed by atoms with E-state index < -0.39 is 6.10 Å². The molecular weight excluding hydrogens is 340 g/mol. The summed E-state index contributed by atoms with van der Waals surface area (Å²) < 4.78 is 0. The van der Waals surface area contributed by atoms with Gasteiger partial charge in [0, 0.05) is 0 Å². The fraction of sp³-hybridized carbons (Fsp3) is 1.00. The molecule has 0 aliphatic heterocycles. The molecule has 0 saturated carbocycles. The smallest absolute Gasteiger partial charge is 0.100 e. The molecule has 0 heterocycles. The first-order valence-electron chi connectivity index (χ1n) is 11.7. The van der Waals surface area contributed by atoms with E-state index in [0.29, 0.717) is 0 Å². The Morgan fingerprint density at radius 2 is 0.741 bits per heavy atom. The predicted octanol–water partition coefficient (Wildman–Crippen LogP) is 5.35. The summed E-state index contributed by atoms with van der Waals surface area (Å²) in [6.45, 7) is 3.80. The molecule has 0 amide bonds. The van der Waals surface area contributed by atoms with Gasteiger partial charge in [0.05, 0.1) is 19.3 Å². The number of aliphatic hydroxyl groups is 4. The highest BCUT2D eigenvalue weighted by atomic mass is 16.3. The fourth-order valence-electron chi connectivity index (χ4n) is 3.05. The second-order valence-electron chi connectivity index (χ2n) is 7.85. The highest BCUT2D eigenvalue weighted by Gasteiger charge is 2.03. The molecule has 1 unspecified atom stereocenters. The van der Waals surface area contributed by atoms with Gasteiger partial charge in [-0.15, -0.1) is 0 Å². The highest BCUT2D eigenvalue weighted by molar-refractivity contribution is 4.57. The molecule has 0 fully saturated rings. The monoisotopic (exact) mass is 390 g/mol. The van der Waals surface area contributed by atoms with Crippen molar-refractivity contribution >= 4 is 0 Å². The van der Waals surface area contributed by atoms with Gasteiger partial charge in [-0.25, -0.2) is 0 Å². The zero-order valence-electron chi connectivity index (χ0n) is 18.4. The molecule has 0 spiro atoms. The lowest BCUT2D eigenvalue weighted by molar-refractivity contribution is 0.0450. The maximum absolute atomic E-state index is 9.95. The standard InChI is InChI=1S/C20H42O.C3H8O3/c1-3-5-7-9-11-12-13-15-17-19-20(21)18-16-14-10-8-6-4-2;4-1-3(6)2-5/h20-21H,3-19H2,1-2H3;3-6H,1-2H2. The molecule has 0 aliphatic carbocycles. The first kappa shape index (κ1) is 29.0. The molecule has 1 atom stereocenters. The lowest BCUT2D eigenvalue weighted by Crippen LogP contribution is -2.15. The number of unbranched alkanes of at least 4 members (excludes halogenated alkanes) is 13. The molecular formula is C23H50O4. The van der Waals surface area contributed by atoms with Crippen LogP contribution in [0, 0.1) is 0 Å². The Morgan fingerprint density at radius 1 is 0.444 bits per heavy atom. The van der Waals surface area contributed by atoms with Gasteiger partial charge in [0.25, 0.3) is 0 Å². The Kier molecular flexibility index (Phi) is 27.8. The second-order valence-corrected chi connectivity index (χ2v) is 7.85. The summed E-state index contributed by atoms with van der Waals surface area (Å²) in [5, 5.41) is 34.0. The Labute approximate surface area is 169 Å². The molecule has 0 aliphatic rings. The highest BCUT2D eigenvalue weighted by Crippen LogP contribution is 2.14. The van der Waals surface area contributed by atoms with Crippen LogP contribution in [0.5, 0.6) is 0 Å². The normalized spacial score (nSPS) is 12.1. The second kappa shape index (κ2) is 25.8. The Balaban J connectivity index is 0. The van der Waals surface area contributed by atoms with E-state index in [1.807, 2.05) is 0 Å². The van der Waals surface area contributed by atoms with Gasteiger partial charge in [-0.3, -0.25) is 0 Å². The van der Waals surface area contributed by atoms with Crippen molar-refractivity contribution in [3.63, 3.8) is 0 Å². The van der Waals surface area contributed by atoms with E-state index in [1.54, 1.807) is 0 Å². The molecule has 0 rings (SSSR count). The van der Waals surface area contributed by atoms with Gasteiger partial charge in [-0.1, -0.05) is 110 Å². The fourth-order valence-corrected chi connectivity index (χ4v) is 3.05. The molecule has 166 valence electrons. The van der Waals surface area contributed by atoms with Crippen LogP contribution in [0.2, 0.25) is 0 Å². The van der Waals surface area contributed by atoms with Gasteiger partial charge in [0.1, 0.15) is 6.10 Å². The van der Waals surface area contributed by atoms with Gasteiger partial charge in [0.2, 0.25) is 0 Å². The van der Waals surface area contributed by atoms with Crippen molar-refractivity contribution in [2.24, 2.45) is 0 Å². The summed E-state index contributed by atoms with van der Waals surface area (Å²) >= 11 is 0. The van der Waals surface area contributed by atoms with Gasteiger partial charge in [-0.2, -0.15) is 0 Å². The van der Waals surface area contributed by atoms with Crippen molar-refractivity contribution in [3.05, 3.63) is 0 Å². The molecule has 0 saturated heterocycles. The quantitative estimate of drug-likeness (QED) is 0.224. The number of rotatable bonds is 19. The third-order valence-electron chi connectivity index (χ3n) is 4.95. The number of aliphatic hydroxyl groups excluding tert-OH is 4. The molecule has 4 heteroatoms. The Hall–Kier alpha value is -0.160. The van der Waals surface area contributed by atoms with Crippen LogP contribution < -0.4 is 0 Å². The minimum absolute atomic E-state index is 0.0271. The van der Waals surface area contributed by atoms with Crippen molar-refractivity contribution in [1.82, 2.24) is 0 Å². The molecule has 27 heavy (non-hydrogen) atoms. The minimum Gasteiger partial charge on any atom is -0.394 e. The summed E-state index contributed by atoms with van der Waals surface area (Å²) in [4.78, 5) is 0. The minimum atomic E-state index is -0.954. The number of hydrogen-bond donors (Lipinski definition) is 4. The zero-order chi connectivity index (χ0) is 20.6. The zero-order valence-corrected chi connectivity index (χ0v) is 18.4. The van der Waals surface area contributed by atoms with E-state index in [0.717, 1.165) is 12.8 Å². The van der Waals surface area contributed by atoms with Crippen LogP contribution >= 0.6 is 0 Å². The van der Waals surface area contributed by atoms with Crippen LogP contribution in [0.1, 0.15) is 123 Å². The maximum atomic E-state index is 9.95. The van der Waals surface area contributed by atoms with Crippen LogP contribution in [0.25, 0.3) is 0 Å². The summed E-state index contributed by atoms with van der Waals surface area (Å²) in [7, 11) is 0. The van der Waals surface area contributed by atoms with E-state index >= 15 is 0 Å². The molecule has 0 aromatic heterocycles. The van der Waals surface area contributed by atoms with Crippen LogP contribution in [-0.2, 0) is 0 Å². The van der Waals surface area contributed by atoms with Crippen LogP contribution in [0.3, 0.4) is 0 Å². The lowest BCUT2D eigenvalue weighted by Gasteiger charge is -2.10. The van der Waals surface area contributed by atoms with Crippen molar-refractivity contribution in [1.29, 1.82) is 0 Å². The van der Waals surface area contributed by atoms with Gasteiger partial charge >= 0.3 is 0 Å². The van der Waals surface area contributed by atoms with E-state index in [-0.39, 0.29) is 19.3 Å². The van der Waals surface area contributed by atoms with Gasteiger partial charge in [0.15, 0.2) is 0 Å². The molecule has 4 nitrogen and oxygen atoms in total. The largest absolute Gasteiger partial charge is 0.394 e. The van der Waals surface area contributed by atoms with Gasteiger partial charge in [-0.05, 0) is 12.8 Å². The van der Waals surface area contributed by atoms with Crippen LogP contribution in [0.4, 0.5) is 0 Å². The van der Waals surface area contributed by atoms with Gasteiger partial charge < -0.3 is 20.4 Å². The van der Waals surface area contributed by atoms with E-state index in [9.17, 15) is 5.11 Å².